The number of hydrogen-bond donors (Lipinski definition) is 2. The minimum atomic E-state index is 0.0786. The van der Waals surface area contributed by atoms with Crippen LogP contribution in [-0.4, -0.2) is 0 Å². The lowest BCUT2D eigenvalue weighted by Gasteiger charge is -2.26. The van der Waals surface area contributed by atoms with Crippen LogP contribution in [0.3, 0.4) is 0 Å². The quantitative estimate of drug-likeness (QED) is 0.742. The molecule has 1 atom stereocenters. The molecule has 2 heterocycles. The summed E-state index contributed by atoms with van der Waals surface area (Å²) in [5, 5.41) is 6.77. The normalized spacial score (nSPS) is 19.3. The van der Waals surface area contributed by atoms with E-state index in [1.165, 1.54) is 11.3 Å². The van der Waals surface area contributed by atoms with Crippen molar-refractivity contribution in [2.75, 3.05) is 5.32 Å². The third-order valence-corrected chi connectivity index (χ3v) is 2.64. The fourth-order valence-electron chi connectivity index (χ4n) is 1.86. The number of hydrogen-bond acceptors (Lipinski definition) is 3. The van der Waals surface area contributed by atoms with Gasteiger partial charge in [0.05, 0.1) is 6.26 Å². The molecule has 1 aromatic heterocycles. The van der Waals surface area contributed by atoms with Crippen LogP contribution in [0.4, 0.5) is 5.69 Å². The molecule has 0 fully saturated rings. The molecule has 1 aliphatic heterocycles. The first-order chi connectivity index (χ1) is 7.43. The summed E-state index contributed by atoms with van der Waals surface area (Å²) in [5.74, 6) is 0.921. The molecular formula is C12H12N2O. The molecule has 0 radical (unpaired) electrons. The van der Waals surface area contributed by atoms with E-state index in [0.29, 0.717) is 0 Å². The highest BCUT2D eigenvalue weighted by Crippen LogP contribution is 2.25. The van der Waals surface area contributed by atoms with E-state index < -0.39 is 0 Å². The van der Waals surface area contributed by atoms with Crippen LogP contribution in [0.2, 0.25) is 0 Å². The van der Waals surface area contributed by atoms with Gasteiger partial charge < -0.3 is 9.73 Å². The average Bonchev–Trinajstić information content (AvgIpc) is 2.82. The topological polar surface area (TPSA) is 37.2 Å². The smallest absolute Gasteiger partial charge is 0.140 e. The maximum absolute atomic E-state index is 5.36. The van der Waals surface area contributed by atoms with Gasteiger partial charge in [-0.05, 0) is 23.8 Å². The number of anilines is 1. The summed E-state index contributed by atoms with van der Waals surface area (Å²) in [5.41, 5.74) is 2.47. The summed E-state index contributed by atoms with van der Waals surface area (Å²) >= 11 is 0. The van der Waals surface area contributed by atoms with Crippen molar-refractivity contribution in [3.63, 3.8) is 0 Å². The highest BCUT2D eigenvalue weighted by Gasteiger charge is 2.19. The van der Waals surface area contributed by atoms with E-state index in [0.717, 1.165) is 12.3 Å². The van der Waals surface area contributed by atoms with E-state index in [-0.39, 0.29) is 6.17 Å². The van der Waals surface area contributed by atoms with Crippen molar-refractivity contribution in [1.29, 1.82) is 0 Å². The Morgan fingerprint density at radius 3 is 2.93 bits per heavy atom. The van der Waals surface area contributed by atoms with Crippen molar-refractivity contribution >= 4 is 5.69 Å². The maximum Gasteiger partial charge on any atom is 0.140 e. The Bertz CT molecular complexity index is 450. The van der Waals surface area contributed by atoms with E-state index in [2.05, 4.69) is 28.8 Å². The van der Waals surface area contributed by atoms with E-state index in [1.54, 1.807) is 6.26 Å². The van der Waals surface area contributed by atoms with Crippen LogP contribution in [0.5, 0.6) is 0 Å². The number of furan rings is 1. The van der Waals surface area contributed by atoms with Crippen molar-refractivity contribution in [2.24, 2.45) is 0 Å². The molecule has 0 saturated heterocycles. The first kappa shape index (κ1) is 8.56. The average molecular weight is 200 g/mol. The molecule has 15 heavy (non-hydrogen) atoms. The lowest BCUT2D eigenvalue weighted by Crippen LogP contribution is -2.32. The third-order valence-electron chi connectivity index (χ3n) is 2.64. The fourth-order valence-corrected chi connectivity index (χ4v) is 1.86. The summed E-state index contributed by atoms with van der Waals surface area (Å²) in [6, 6.07) is 12.2. The SMILES string of the molecule is c1coc([C@@H]2NCc3ccccc3N2)c1. The fraction of sp³-hybridized carbons (Fsp3) is 0.167. The van der Waals surface area contributed by atoms with Gasteiger partial charge in [0.25, 0.3) is 0 Å². The summed E-state index contributed by atoms with van der Waals surface area (Å²) in [4.78, 5) is 0. The Hall–Kier alpha value is -1.74. The van der Waals surface area contributed by atoms with Gasteiger partial charge in [-0.3, -0.25) is 5.32 Å². The molecule has 3 heteroatoms. The van der Waals surface area contributed by atoms with E-state index in [9.17, 15) is 0 Å². The minimum Gasteiger partial charge on any atom is -0.466 e. The predicted molar refractivity (Wildman–Crippen MR) is 58.4 cm³/mol. The molecule has 0 aliphatic carbocycles. The Morgan fingerprint density at radius 1 is 1.13 bits per heavy atom. The highest BCUT2D eigenvalue weighted by molar-refractivity contribution is 5.53. The van der Waals surface area contributed by atoms with Crippen LogP contribution >= 0.6 is 0 Å². The second-order valence-electron chi connectivity index (χ2n) is 3.63. The van der Waals surface area contributed by atoms with Crippen LogP contribution in [-0.2, 0) is 6.54 Å². The van der Waals surface area contributed by atoms with Gasteiger partial charge in [-0.2, -0.15) is 0 Å². The lowest BCUT2D eigenvalue weighted by molar-refractivity contribution is 0.429. The minimum absolute atomic E-state index is 0.0786. The number of fused-ring (bicyclic) bond motifs is 1. The van der Waals surface area contributed by atoms with Gasteiger partial charge in [0, 0.05) is 12.2 Å². The first-order valence-corrected chi connectivity index (χ1v) is 5.05. The van der Waals surface area contributed by atoms with E-state index >= 15 is 0 Å². The molecular weight excluding hydrogens is 188 g/mol. The molecule has 1 aromatic carbocycles. The number of nitrogens with one attached hydrogen (secondary N) is 2. The monoisotopic (exact) mass is 200 g/mol. The summed E-state index contributed by atoms with van der Waals surface area (Å²) in [6.45, 7) is 0.870. The van der Waals surface area contributed by atoms with Gasteiger partial charge in [-0.1, -0.05) is 18.2 Å². The summed E-state index contributed by atoms with van der Waals surface area (Å²) in [7, 11) is 0. The van der Waals surface area contributed by atoms with Crippen LogP contribution in [0, 0.1) is 0 Å². The zero-order valence-electron chi connectivity index (χ0n) is 8.23. The Balaban J connectivity index is 1.89. The predicted octanol–water partition coefficient (Wildman–Crippen LogP) is 2.49. The second-order valence-corrected chi connectivity index (χ2v) is 3.63. The van der Waals surface area contributed by atoms with Gasteiger partial charge in [0.15, 0.2) is 0 Å². The second kappa shape index (κ2) is 3.44. The van der Waals surface area contributed by atoms with Gasteiger partial charge >= 0.3 is 0 Å². The first-order valence-electron chi connectivity index (χ1n) is 5.05. The Kier molecular flexibility index (Phi) is 1.96. The standard InChI is InChI=1S/C12H12N2O/c1-2-5-10-9(4-1)8-13-12(14-10)11-6-3-7-15-11/h1-7,12-14H,8H2/t12-/m1/s1. The van der Waals surface area contributed by atoms with Crippen LogP contribution < -0.4 is 10.6 Å². The molecule has 0 spiro atoms. The van der Waals surface area contributed by atoms with Gasteiger partial charge in [-0.25, -0.2) is 0 Å². The molecule has 0 amide bonds. The zero-order chi connectivity index (χ0) is 10.1. The Labute approximate surface area is 88.1 Å². The van der Waals surface area contributed by atoms with E-state index in [4.69, 9.17) is 4.42 Å². The van der Waals surface area contributed by atoms with Crippen molar-refractivity contribution in [2.45, 2.75) is 12.7 Å². The number of benzene rings is 1. The molecule has 0 saturated carbocycles. The lowest BCUT2D eigenvalue weighted by atomic mass is 10.1. The van der Waals surface area contributed by atoms with Crippen molar-refractivity contribution < 1.29 is 4.42 Å². The number of rotatable bonds is 1. The Morgan fingerprint density at radius 2 is 2.07 bits per heavy atom. The number of para-hydroxylation sites is 1. The van der Waals surface area contributed by atoms with Gasteiger partial charge in [0.2, 0.25) is 0 Å². The summed E-state index contributed by atoms with van der Waals surface area (Å²) < 4.78 is 5.36. The van der Waals surface area contributed by atoms with Crippen molar-refractivity contribution in [3.05, 3.63) is 54.0 Å². The van der Waals surface area contributed by atoms with Crippen molar-refractivity contribution in [3.8, 4) is 0 Å². The molecule has 0 bridgehead atoms. The maximum atomic E-state index is 5.36. The summed E-state index contributed by atoms with van der Waals surface area (Å²) in [6.07, 6.45) is 1.77. The van der Waals surface area contributed by atoms with Gasteiger partial charge in [0.1, 0.15) is 11.9 Å². The molecule has 0 unspecified atom stereocenters. The molecule has 3 rings (SSSR count). The third kappa shape index (κ3) is 1.51. The van der Waals surface area contributed by atoms with Crippen LogP contribution in [0.25, 0.3) is 0 Å². The zero-order valence-corrected chi connectivity index (χ0v) is 8.23. The molecule has 3 nitrogen and oxygen atoms in total. The van der Waals surface area contributed by atoms with Crippen LogP contribution in [0.15, 0.2) is 47.1 Å². The van der Waals surface area contributed by atoms with Crippen molar-refractivity contribution in [1.82, 2.24) is 5.32 Å². The molecule has 76 valence electrons. The van der Waals surface area contributed by atoms with E-state index in [1.807, 2.05) is 18.2 Å². The highest BCUT2D eigenvalue weighted by atomic mass is 16.3. The molecule has 1 aliphatic rings. The van der Waals surface area contributed by atoms with Gasteiger partial charge in [-0.15, -0.1) is 0 Å². The largest absolute Gasteiger partial charge is 0.466 e. The molecule has 2 N–H and O–H groups in total. The van der Waals surface area contributed by atoms with Crippen LogP contribution in [0.1, 0.15) is 17.5 Å². The molecule has 2 aromatic rings.